The molecule has 0 bridgehead atoms. The van der Waals surface area contributed by atoms with Gasteiger partial charge in [-0.2, -0.15) is 0 Å². The number of H-pyrrole nitrogens is 1. The summed E-state index contributed by atoms with van der Waals surface area (Å²) in [5, 5.41) is 3.60. The Morgan fingerprint density at radius 2 is 2.00 bits per heavy atom. The lowest BCUT2D eigenvalue weighted by molar-refractivity contribution is 0.219. The topological polar surface area (TPSA) is 61.0 Å². The predicted molar refractivity (Wildman–Crippen MR) is 93.0 cm³/mol. The summed E-state index contributed by atoms with van der Waals surface area (Å²) >= 11 is 11.8. The lowest BCUT2D eigenvalue weighted by atomic mass is 10.3. The molecule has 1 heterocycles. The van der Waals surface area contributed by atoms with E-state index in [4.69, 9.17) is 23.2 Å². The summed E-state index contributed by atoms with van der Waals surface area (Å²) in [7, 11) is 1.69. The number of hydrogen-bond acceptors (Lipinski definition) is 2. The Morgan fingerprint density at radius 1 is 1.22 bits per heavy atom. The van der Waals surface area contributed by atoms with Gasteiger partial charge in [-0.1, -0.05) is 35.3 Å². The van der Waals surface area contributed by atoms with Crippen LogP contribution in [-0.4, -0.2) is 27.9 Å². The maximum Gasteiger partial charge on any atom is 0.321 e. The molecule has 0 aliphatic carbocycles. The van der Waals surface area contributed by atoms with Gasteiger partial charge < -0.3 is 15.2 Å². The number of rotatable bonds is 3. The second-order valence-electron chi connectivity index (χ2n) is 5.12. The normalized spacial score (nSPS) is 10.7. The monoisotopic (exact) mass is 348 g/mol. The van der Waals surface area contributed by atoms with Crippen LogP contribution in [0, 0.1) is 0 Å². The van der Waals surface area contributed by atoms with Crippen LogP contribution in [0.5, 0.6) is 0 Å². The highest BCUT2D eigenvalue weighted by Crippen LogP contribution is 2.25. The first-order valence-electron chi connectivity index (χ1n) is 6.94. The molecule has 0 unspecified atom stereocenters. The van der Waals surface area contributed by atoms with Crippen molar-refractivity contribution in [3.05, 3.63) is 58.3 Å². The smallest absolute Gasteiger partial charge is 0.321 e. The van der Waals surface area contributed by atoms with E-state index in [2.05, 4.69) is 15.3 Å². The second kappa shape index (κ2) is 6.48. The predicted octanol–water partition coefficient (Wildman–Crippen LogP) is 4.53. The van der Waals surface area contributed by atoms with Gasteiger partial charge in [0.25, 0.3) is 0 Å². The number of amides is 2. The Labute approximate surface area is 143 Å². The minimum Gasteiger partial charge on any atom is -0.340 e. The highest BCUT2D eigenvalue weighted by molar-refractivity contribution is 6.42. The van der Waals surface area contributed by atoms with Crippen molar-refractivity contribution >= 4 is 46.0 Å². The summed E-state index contributed by atoms with van der Waals surface area (Å²) in [5.41, 5.74) is 2.41. The van der Waals surface area contributed by atoms with Crippen LogP contribution in [0.1, 0.15) is 5.82 Å². The maximum absolute atomic E-state index is 12.2. The van der Waals surface area contributed by atoms with E-state index in [0.29, 0.717) is 22.3 Å². The molecule has 0 saturated carbocycles. The fourth-order valence-electron chi connectivity index (χ4n) is 2.17. The number of nitrogens with zero attached hydrogens (tertiary/aromatic N) is 2. The number of urea groups is 1. The lowest BCUT2D eigenvalue weighted by Crippen LogP contribution is -2.31. The van der Waals surface area contributed by atoms with Gasteiger partial charge in [0.05, 0.1) is 27.6 Å². The van der Waals surface area contributed by atoms with Gasteiger partial charge in [0.15, 0.2) is 0 Å². The minimum absolute atomic E-state index is 0.260. The van der Waals surface area contributed by atoms with Crippen molar-refractivity contribution in [1.82, 2.24) is 14.9 Å². The zero-order valence-corrected chi connectivity index (χ0v) is 13.8. The van der Waals surface area contributed by atoms with Crippen LogP contribution in [0.3, 0.4) is 0 Å². The number of para-hydroxylation sites is 2. The molecule has 0 aliphatic rings. The summed E-state index contributed by atoms with van der Waals surface area (Å²) in [6.45, 7) is 0.363. The number of nitrogens with one attached hydrogen (secondary N) is 2. The van der Waals surface area contributed by atoms with Crippen molar-refractivity contribution in [2.24, 2.45) is 0 Å². The van der Waals surface area contributed by atoms with E-state index in [0.717, 1.165) is 16.9 Å². The molecule has 1 aromatic heterocycles. The third kappa shape index (κ3) is 3.57. The average Bonchev–Trinajstić information content (AvgIpc) is 2.93. The molecule has 23 heavy (non-hydrogen) atoms. The molecule has 2 N–H and O–H groups in total. The Kier molecular flexibility index (Phi) is 4.41. The number of aromatic amines is 1. The highest BCUT2D eigenvalue weighted by atomic mass is 35.5. The molecule has 0 aliphatic heterocycles. The van der Waals surface area contributed by atoms with Crippen molar-refractivity contribution < 1.29 is 4.79 Å². The van der Waals surface area contributed by atoms with Crippen molar-refractivity contribution in [2.75, 3.05) is 12.4 Å². The number of carbonyl (C=O) groups excluding carboxylic acids is 1. The summed E-state index contributed by atoms with van der Waals surface area (Å²) in [4.78, 5) is 21.4. The van der Waals surface area contributed by atoms with Crippen LogP contribution < -0.4 is 5.32 Å². The van der Waals surface area contributed by atoms with E-state index in [1.165, 1.54) is 4.90 Å². The van der Waals surface area contributed by atoms with Crippen molar-refractivity contribution in [3.63, 3.8) is 0 Å². The van der Waals surface area contributed by atoms with Gasteiger partial charge in [-0.15, -0.1) is 0 Å². The maximum atomic E-state index is 12.2. The highest BCUT2D eigenvalue weighted by Gasteiger charge is 2.12. The first-order valence-corrected chi connectivity index (χ1v) is 7.69. The van der Waals surface area contributed by atoms with Gasteiger partial charge >= 0.3 is 6.03 Å². The van der Waals surface area contributed by atoms with Gasteiger partial charge in [-0.25, -0.2) is 9.78 Å². The van der Waals surface area contributed by atoms with Crippen LogP contribution in [0.15, 0.2) is 42.5 Å². The van der Waals surface area contributed by atoms with E-state index < -0.39 is 0 Å². The van der Waals surface area contributed by atoms with Crippen molar-refractivity contribution in [1.29, 1.82) is 0 Å². The molecule has 118 valence electrons. The Morgan fingerprint density at radius 3 is 2.74 bits per heavy atom. The first kappa shape index (κ1) is 15.6. The molecule has 2 amide bonds. The van der Waals surface area contributed by atoms with E-state index in [-0.39, 0.29) is 6.03 Å². The Hall–Kier alpha value is -2.24. The summed E-state index contributed by atoms with van der Waals surface area (Å²) in [6, 6.07) is 12.4. The third-order valence-electron chi connectivity index (χ3n) is 3.34. The number of fused-ring (bicyclic) bond motifs is 1. The summed E-state index contributed by atoms with van der Waals surface area (Å²) in [6.07, 6.45) is 0. The fourth-order valence-corrected chi connectivity index (χ4v) is 2.47. The Bertz CT molecular complexity index is 829. The molecule has 0 spiro atoms. The van der Waals surface area contributed by atoms with E-state index in [9.17, 15) is 4.79 Å². The molecule has 3 aromatic rings. The number of imidazole rings is 1. The van der Waals surface area contributed by atoms with Crippen LogP contribution in [0.4, 0.5) is 10.5 Å². The number of aromatic nitrogens is 2. The van der Waals surface area contributed by atoms with Crippen LogP contribution in [0.2, 0.25) is 10.0 Å². The quantitative estimate of drug-likeness (QED) is 0.730. The number of halogens is 2. The number of carbonyl (C=O) groups is 1. The number of hydrogen-bond donors (Lipinski definition) is 2. The SMILES string of the molecule is CN(Cc1nc2ccccc2[nH]1)C(=O)Nc1ccc(Cl)c(Cl)c1. The van der Waals surface area contributed by atoms with Gasteiger partial charge in [-0.3, -0.25) is 0 Å². The van der Waals surface area contributed by atoms with Crippen LogP contribution in [-0.2, 0) is 6.54 Å². The molecule has 0 radical (unpaired) electrons. The second-order valence-corrected chi connectivity index (χ2v) is 5.93. The fraction of sp³-hybridized carbons (Fsp3) is 0.125. The van der Waals surface area contributed by atoms with Gasteiger partial charge in [0.2, 0.25) is 0 Å². The Balaban J connectivity index is 1.68. The van der Waals surface area contributed by atoms with E-state index in [1.807, 2.05) is 24.3 Å². The summed E-state index contributed by atoms with van der Waals surface area (Å²) < 4.78 is 0. The molecular formula is C16H14Cl2N4O. The largest absolute Gasteiger partial charge is 0.340 e. The van der Waals surface area contributed by atoms with E-state index >= 15 is 0 Å². The summed E-state index contributed by atoms with van der Waals surface area (Å²) in [5.74, 6) is 0.720. The first-order chi connectivity index (χ1) is 11.0. The average molecular weight is 349 g/mol. The van der Waals surface area contributed by atoms with Gasteiger partial charge in [0.1, 0.15) is 5.82 Å². The molecule has 3 rings (SSSR count). The molecule has 5 nitrogen and oxygen atoms in total. The van der Waals surface area contributed by atoms with Crippen LogP contribution in [0.25, 0.3) is 11.0 Å². The minimum atomic E-state index is -0.260. The molecule has 0 saturated heterocycles. The molecule has 2 aromatic carbocycles. The molecular weight excluding hydrogens is 335 g/mol. The zero-order valence-electron chi connectivity index (χ0n) is 12.3. The zero-order chi connectivity index (χ0) is 16.4. The van der Waals surface area contributed by atoms with Gasteiger partial charge in [0, 0.05) is 12.7 Å². The van der Waals surface area contributed by atoms with Crippen LogP contribution >= 0.6 is 23.2 Å². The third-order valence-corrected chi connectivity index (χ3v) is 4.08. The van der Waals surface area contributed by atoms with Gasteiger partial charge in [-0.05, 0) is 30.3 Å². The number of benzene rings is 2. The molecule has 0 fully saturated rings. The van der Waals surface area contributed by atoms with Crippen molar-refractivity contribution in [2.45, 2.75) is 6.54 Å². The standard InChI is InChI=1S/C16H14Cl2N4O/c1-22(9-15-20-13-4-2-3-5-14(13)21-15)16(23)19-10-6-7-11(17)12(18)8-10/h2-8H,9H2,1H3,(H,19,23)(H,20,21). The molecule has 7 heteroatoms. The molecule has 0 atom stereocenters. The van der Waals surface area contributed by atoms with E-state index in [1.54, 1.807) is 25.2 Å². The van der Waals surface area contributed by atoms with Crippen molar-refractivity contribution in [3.8, 4) is 0 Å². The lowest BCUT2D eigenvalue weighted by Gasteiger charge is -2.16. The number of anilines is 1.